The van der Waals surface area contributed by atoms with E-state index >= 15 is 0 Å². The Balaban J connectivity index is 2.88. The molecule has 0 aliphatic heterocycles. The van der Waals surface area contributed by atoms with Gasteiger partial charge in [-0.15, -0.1) is 11.8 Å². The lowest BCUT2D eigenvalue weighted by atomic mass is 10.1. The number of likely N-dealkylation sites (N-methyl/N-ethyl adjacent to an activating group) is 1. The summed E-state index contributed by atoms with van der Waals surface area (Å²) in [5, 5.41) is 22.1. The van der Waals surface area contributed by atoms with E-state index < -0.39 is 6.10 Å². The Bertz CT molecular complexity index is 304. The molecule has 0 amide bonds. The number of nitrogens with one attached hydrogen (secondary N) is 1. The summed E-state index contributed by atoms with van der Waals surface area (Å²) < 4.78 is 0. The van der Waals surface area contributed by atoms with Gasteiger partial charge in [0.2, 0.25) is 0 Å². The molecule has 0 heterocycles. The van der Waals surface area contributed by atoms with Gasteiger partial charge in [-0.25, -0.2) is 0 Å². The van der Waals surface area contributed by atoms with Crippen molar-refractivity contribution >= 4 is 11.8 Å². The van der Waals surface area contributed by atoms with Crippen molar-refractivity contribution in [3.05, 3.63) is 23.8 Å². The van der Waals surface area contributed by atoms with Crippen molar-refractivity contribution in [1.29, 1.82) is 0 Å². The summed E-state index contributed by atoms with van der Waals surface area (Å²) in [4.78, 5) is 0.989. The molecular weight excluding hydrogens is 198 g/mol. The summed E-state index contributed by atoms with van der Waals surface area (Å²) >= 11 is 1.56. The number of aliphatic hydroxyl groups excluding tert-OH is 1. The summed E-state index contributed by atoms with van der Waals surface area (Å²) in [7, 11) is 1.76. The van der Waals surface area contributed by atoms with E-state index in [1.165, 1.54) is 0 Å². The zero-order valence-electron chi connectivity index (χ0n) is 8.32. The fourth-order valence-corrected chi connectivity index (χ4v) is 1.67. The van der Waals surface area contributed by atoms with Gasteiger partial charge in [0.05, 0.1) is 6.10 Å². The van der Waals surface area contributed by atoms with Gasteiger partial charge < -0.3 is 15.5 Å². The highest BCUT2D eigenvalue weighted by molar-refractivity contribution is 7.98. The van der Waals surface area contributed by atoms with Gasteiger partial charge in [-0.05, 0) is 25.4 Å². The first kappa shape index (κ1) is 11.4. The second kappa shape index (κ2) is 5.24. The van der Waals surface area contributed by atoms with E-state index in [1.54, 1.807) is 30.9 Å². The molecule has 14 heavy (non-hydrogen) atoms. The molecule has 0 saturated heterocycles. The van der Waals surface area contributed by atoms with Crippen molar-refractivity contribution in [3.63, 3.8) is 0 Å². The number of benzene rings is 1. The number of phenols is 1. The van der Waals surface area contributed by atoms with Crippen LogP contribution in [0.5, 0.6) is 5.75 Å². The number of thioether (sulfide) groups is 1. The fraction of sp³-hybridized carbons (Fsp3) is 0.400. The first-order valence-electron chi connectivity index (χ1n) is 4.38. The summed E-state index contributed by atoms with van der Waals surface area (Å²) in [5.41, 5.74) is 0.567. The van der Waals surface area contributed by atoms with E-state index in [1.807, 2.05) is 12.3 Å². The Hall–Kier alpha value is -0.710. The molecule has 1 unspecified atom stereocenters. The molecule has 3 nitrogen and oxygen atoms in total. The second-order valence-corrected chi connectivity index (χ2v) is 3.88. The van der Waals surface area contributed by atoms with Gasteiger partial charge >= 0.3 is 0 Å². The quantitative estimate of drug-likeness (QED) is 0.661. The van der Waals surface area contributed by atoms with Crippen LogP contribution in [-0.4, -0.2) is 30.1 Å². The number of hydrogen-bond acceptors (Lipinski definition) is 4. The van der Waals surface area contributed by atoms with Crippen LogP contribution in [0.25, 0.3) is 0 Å². The molecule has 1 atom stereocenters. The van der Waals surface area contributed by atoms with E-state index in [0.717, 1.165) is 4.90 Å². The van der Waals surface area contributed by atoms with Crippen molar-refractivity contribution in [3.8, 4) is 5.75 Å². The summed E-state index contributed by atoms with van der Waals surface area (Å²) in [6, 6.07) is 5.31. The SMILES string of the molecule is CNCC(O)c1ccc(SC)cc1O. The standard InChI is InChI=1S/C10H15NO2S/c1-11-6-10(13)8-4-3-7(14-2)5-9(8)12/h3-5,10-13H,6H2,1-2H3. The van der Waals surface area contributed by atoms with Crippen LogP contribution in [0, 0.1) is 0 Å². The number of phenolic OH excluding ortho intramolecular Hbond substituents is 1. The number of aliphatic hydroxyl groups is 1. The average molecular weight is 213 g/mol. The molecule has 0 fully saturated rings. The van der Waals surface area contributed by atoms with Crippen LogP contribution >= 0.6 is 11.8 Å². The molecule has 0 aliphatic carbocycles. The van der Waals surface area contributed by atoms with Crippen LogP contribution in [0.3, 0.4) is 0 Å². The van der Waals surface area contributed by atoms with Crippen molar-refractivity contribution in [1.82, 2.24) is 5.32 Å². The minimum absolute atomic E-state index is 0.152. The maximum absolute atomic E-state index is 9.64. The lowest BCUT2D eigenvalue weighted by Gasteiger charge is -2.12. The third kappa shape index (κ3) is 2.64. The molecule has 0 aliphatic rings. The fourth-order valence-electron chi connectivity index (χ4n) is 1.24. The molecule has 0 aromatic heterocycles. The molecule has 4 heteroatoms. The summed E-state index contributed by atoms with van der Waals surface area (Å²) in [6.45, 7) is 0.437. The van der Waals surface area contributed by atoms with Crippen LogP contribution in [0.1, 0.15) is 11.7 Å². The third-order valence-corrected chi connectivity index (χ3v) is 2.72. The van der Waals surface area contributed by atoms with Crippen LogP contribution in [0.15, 0.2) is 23.1 Å². The van der Waals surface area contributed by atoms with E-state index in [9.17, 15) is 10.2 Å². The predicted octanol–water partition coefficient (Wildman–Crippen LogP) is 1.37. The Morgan fingerprint density at radius 3 is 2.71 bits per heavy atom. The molecule has 1 aromatic rings. The van der Waals surface area contributed by atoms with E-state index in [0.29, 0.717) is 12.1 Å². The van der Waals surface area contributed by atoms with Gasteiger partial charge in [0, 0.05) is 17.0 Å². The molecular formula is C10H15NO2S. The van der Waals surface area contributed by atoms with Gasteiger partial charge in [-0.3, -0.25) is 0 Å². The van der Waals surface area contributed by atoms with Crippen LogP contribution in [0.2, 0.25) is 0 Å². The number of aromatic hydroxyl groups is 1. The molecule has 1 rings (SSSR count). The maximum atomic E-state index is 9.64. The lowest BCUT2D eigenvalue weighted by Crippen LogP contribution is -2.16. The molecule has 3 N–H and O–H groups in total. The van der Waals surface area contributed by atoms with Gasteiger partial charge in [-0.1, -0.05) is 6.07 Å². The van der Waals surface area contributed by atoms with E-state index in [2.05, 4.69) is 5.32 Å². The zero-order valence-corrected chi connectivity index (χ0v) is 9.14. The average Bonchev–Trinajstić information content (AvgIpc) is 2.17. The predicted molar refractivity (Wildman–Crippen MR) is 58.8 cm³/mol. The Kier molecular flexibility index (Phi) is 4.25. The maximum Gasteiger partial charge on any atom is 0.122 e. The van der Waals surface area contributed by atoms with Crippen LogP contribution in [-0.2, 0) is 0 Å². The van der Waals surface area contributed by atoms with Crippen molar-refractivity contribution < 1.29 is 10.2 Å². The molecule has 0 spiro atoms. The van der Waals surface area contributed by atoms with Gasteiger partial charge in [0.25, 0.3) is 0 Å². The molecule has 78 valence electrons. The minimum Gasteiger partial charge on any atom is -0.508 e. The van der Waals surface area contributed by atoms with Crippen LogP contribution in [0.4, 0.5) is 0 Å². The van der Waals surface area contributed by atoms with E-state index in [-0.39, 0.29) is 5.75 Å². The molecule has 1 aromatic carbocycles. The zero-order chi connectivity index (χ0) is 10.6. The summed E-state index contributed by atoms with van der Waals surface area (Å²) in [5.74, 6) is 0.152. The smallest absolute Gasteiger partial charge is 0.122 e. The summed E-state index contributed by atoms with van der Waals surface area (Å²) in [6.07, 6.45) is 1.29. The normalized spacial score (nSPS) is 12.8. The number of rotatable bonds is 4. The highest BCUT2D eigenvalue weighted by Gasteiger charge is 2.11. The highest BCUT2D eigenvalue weighted by Crippen LogP contribution is 2.28. The van der Waals surface area contributed by atoms with Gasteiger partial charge in [0.1, 0.15) is 5.75 Å². The lowest BCUT2D eigenvalue weighted by molar-refractivity contribution is 0.174. The largest absolute Gasteiger partial charge is 0.508 e. The van der Waals surface area contributed by atoms with Gasteiger partial charge in [0.15, 0.2) is 0 Å². The van der Waals surface area contributed by atoms with Crippen molar-refractivity contribution in [2.24, 2.45) is 0 Å². The van der Waals surface area contributed by atoms with Crippen LogP contribution < -0.4 is 5.32 Å². The van der Waals surface area contributed by atoms with Crippen molar-refractivity contribution in [2.45, 2.75) is 11.0 Å². The molecule has 0 saturated carbocycles. The number of hydrogen-bond donors (Lipinski definition) is 3. The monoisotopic (exact) mass is 213 g/mol. The molecule has 0 radical (unpaired) electrons. The highest BCUT2D eigenvalue weighted by atomic mass is 32.2. The first-order valence-corrected chi connectivity index (χ1v) is 5.61. The molecule has 0 bridgehead atoms. The van der Waals surface area contributed by atoms with Crippen molar-refractivity contribution in [2.75, 3.05) is 19.8 Å². The Labute approximate surface area is 88.2 Å². The van der Waals surface area contributed by atoms with E-state index in [4.69, 9.17) is 0 Å². The minimum atomic E-state index is -0.657. The van der Waals surface area contributed by atoms with Gasteiger partial charge in [-0.2, -0.15) is 0 Å². The third-order valence-electron chi connectivity index (χ3n) is 1.99. The topological polar surface area (TPSA) is 52.5 Å². The first-order chi connectivity index (χ1) is 6.69. The Morgan fingerprint density at radius 2 is 2.21 bits per heavy atom. The Morgan fingerprint density at radius 1 is 1.50 bits per heavy atom. The second-order valence-electron chi connectivity index (χ2n) is 3.00.